The molecule has 1 aliphatic rings. The van der Waals surface area contributed by atoms with Gasteiger partial charge < -0.3 is 15.1 Å². The molecule has 132 valence electrons. The molecule has 3 rings (SSSR count). The predicted molar refractivity (Wildman–Crippen MR) is 106 cm³/mol. The summed E-state index contributed by atoms with van der Waals surface area (Å²) >= 11 is 0. The molecule has 25 heavy (non-hydrogen) atoms. The zero-order valence-electron chi connectivity index (χ0n) is 15.2. The highest BCUT2D eigenvalue weighted by molar-refractivity contribution is 5.91. The third-order valence-corrected chi connectivity index (χ3v) is 4.72. The smallest absolute Gasteiger partial charge is 0.224 e. The Morgan fingerprint density at radius 2 is 1.64 bits per heavy atom. The van der Waals surface area contributed by atoms with Crippen LogP contribution in [0.5, 0.6) is 0 Å². The Labute approximate surface area is 150 Å². The first kappa shape index (κ1) is 17.3. The topological polar surface area (TPSA) is 35.6 Å². The lowest BCUT2D eigenvalue weighted by molar-refractivity contribution is -0.116. The van der Waals surface area contributed by atoms with Gasteiger partial charge >= 0.3 is 0 Å². The molecule has 0 aromatic heterocycles. The van der Waals surface area contributed by atoms with E-state index in [2.05, 4.69) is 34.5 Å². The molecule has 1 heterocycles. The predicted octanol–water partition coefficient (Wildman–Crippen LogP) is 3.92. The number of rotatable bonds is 6. The molecule has 1 aliphatic heterocycles. The minimum Gasteiger partial charge on any atom is -0.378 e. The molecule has 4 nitrogen and oxygen atoms in total. The van der Waals surface area contributed by atoms with Gasteiger partial charge in [0, 0.05) is 50.7 Å². The summed E-state index contributed by atoms with van der Waals surface area (Å²) in [5.74, 6) is 0.0567. The van der Waals surface area contributed by atoms with Crippen LogP contribution in [-0.2, 0) is 11.2 Å². The van der Waals surface area contributed by atoms with Crippen molar-refractivity contribution in [3.05, 3.63) is 54.1 Å². The second kappa shape index (κ2) is 8.06. The van der Waals surface area contributed by atoms with Gasteiger partial charge in [-0.25, -0.2) is 0 Å². The maximum absolute atomic E-state index is 12.2. The van der Waals surface area contributed by atoms with Gasteiger partial charge in [-0.2, -0.15) is 0 Å². The number of nitrogens with zero attached hydrogens (tertiary/aromatic N) is 2. The Morgan fingerprint density at radius 1 is 1.00 bits per heavy atom. The van der Waals surface area contributed by atoms with Crippen LogP contribution < -0.4 is 15.1 Å². The number of nitrogens with one attached hydrogen (secondary N) is 1. The van der Waals surface area contributed by atoms with E-state index in [1.165, 1.54) is 24.1 Å². The van der Waals surface area contributed by atoms with E-state index in [9.17, 15) is 4.79 Å². The fraction of sp³-hybridized carbons (Fsp3) is 0.381. The van der Waals surface area contributed by atoms with Crippen molar-refractivity contribution < 1.29 is 4.79 Å². The van der Waals surface area contributed by atoms with Crippen molar-refractivity contribution in [3.63, 3.8) is 0 Å². The SMILES string of the molecule is CN(C)c1ccc(NC(=O)CCc2ccc(N3CCCC3)cc2)cc1. The molecule has 1 N–H and O–H groups in total. The molecular formula is C21H27N3O. The highest BCUT2D eigenvalue weighted by Gasteiger charge is 2.12. The van der Waals surface area contributed by atoms with Crippen molar-refractivity contribution in [1.82, 2.24) is 0 Å². The third-order valence-electron chi connectivity index (χ3n) is 4.72. The van der Waals surface area contributed by atoms with Crippen LogP contribution in [0.2, 0.25) is 0 Å². The molecule has 1 saturated heterocycles. The molecular weight excluding hydrogens is 310 g/mol. The van der Waals surface area contributed by atoms with Gasteiger partial charge in [0.05, 0.1) is 0 Å². The van der Waals surface area contributed by atoms with E-state index < -0.39 is 0 Å². The third kappa shape index (κ3) is 4.75. The zero-order valence-corrected chi connectivity index (χ0v) is 15.2. The molecule has 2 aromatic rings. The van der Waals surface area contributed by atoms with Crippen LogP contribution >= 0.6 is 0 Å². The standard InChI is InChI=1S/C21H27N3O/c1-23(2)19-12-8-18(9-13-19)22-21(25)14-7-17-5-10-20(11-6-17)24-15-3-4-16-24/h5-6,8-13H,3-4,7,14-16H2,1-2H3,(H,22,25). The average molecular weight is 337 g/mol. The lowest BCUT2D eigenvalue weighted by atomic mass is 10.1. The molecule has 0 aliphatic carbocycles. The van der Waals surface area contributed by atoms with Gasteiger partial charge in [0.2, 0.25) is 5.91 Å². The maximum atomic E-state index is 12.2. The summed E-state index contributed by atoms with van der Waals surface area (Å²) < 4.78 is 0. The van der Waals surface area contributed by atoms with E-state index in [4.69, 9.17) is 0 Å². The summed E-state index contributed by atoms with van der Waals surface area (Å²) in [6, 6.07) is 16.5. The number of anilines is 3. The Balaban J connectivity index is 1.48. The summed E-state index contributed by atoms with van der Waals surface area (Å²) in [5, 5.41) is 2.97. The van der Waals surface area contributed by atoms with Crippen LogP contribution in [0.25, 0.3) is 0 Å². The van der Waals surface area contributed by atoms with Crippen molar-refractivity contribution in [2.24, 2.45) is 0 Å². The summed E-state index contributed by atoms with van der Waals surface area (Å²) in [5.41, 5.74) is 4.48. The summed E-state index contributed by atoms with van der Waals surface area (Å²) in [4.78, 5) is 16.6. The minimum atomic E-state index is 0.0567. The van der Waals surface area contributed by atoms with Gasteiger partial charge in [-0.05, 0) is 61.2 Å². The Kier molecular flexibility index (Phi) is 5.59. The van der Waals surface area contributed by atoms with Gasteiger partial charge in [0.15, 0.2) is 0 Å². The fourth-order valence-corrected chi connectivity index (χ4v) is 3.17. The Bertz CT molecular complexity index is 686. The quantitative estimate of drug-likeness (QED) is 0.868. The Hall–Kier alpha value is -2.49. The van der Waals surface area contributed by atoms with Crippen LogP contribution in [0.3, 0.4) is 0 Å². The molecule has 4 heteroatoms. The molecule has 2 aromatic carbocycles. The van der Waals surface area contributed by atoms with Crippen LogP contribution in [-0.4, -0.2) is 33.1 Å². The van der Waals surface area contributed by atoms with Gasteiger partial charge in [-0.15, -0.1) is 0 Å². The number of benzene rings is 2. The van der Waals surface area contributed by atoms with Crippen LogP contribution in [0, 0.1) is 0 Å². The van der Waals surface area contributed by atoms with Crippen molar-refractivity contribution in [2.45, 2.75) is 25.7 Å². The van der Waals surface area contributed by atoms with E-state index >= 15 is 0 Å². The first-order chi connectivity index (χ1) is 12.1. The van der Waals surface area contributed by atoms with Gasteiger partial charge in [0.1, 0.15) is 0 Å². The number of hydrogen-bond donors (Lipinski definition) is 1. The largest absolute Gasteiger partial charge is 0.378 e. The fourth-order valence-electron chi connectivity index (χ4n) is 3.17. The van der Waals surface area contributed by atoms with Crippen LogP contribution in [0.4, 0.5) is 17.1 Å². The molecule has 0 atom stereocenters. The van der Waals surface area contributed by atoms with E-state index in [1.54, 1.807) is 0 Å². The van der Waals surface area contributed by atoms with Crippen molar-refractivity contribution >= 4 is 23.0 Å². The lowest BCUT2D eigenvalue weighted by Gasteiger charge is -2.17. The second-order valence-electron chi connectivity index (χ2n) is 6.85. The number of carbonyl (C=O) groups is 1. The van der Waals surface area contributed by atoms with E-state index in [0.717, 1.165) is 30.9 Å². The molecule has 1 fully saturated rings. The van der Waals surface area contributed by atoms with Crippen molar-refractivity contribution in [3.8, 4) is 0 Å². The van der Waals surface area contributed by atoms with Crippen LogP contribution in [0.1, 0.15) is 24.8 Å². The van der Waals surface area contributed by atoms with E-state index in [1.807, 2.05) is 43.3 Å². The summed E-state index contributed by atoms with van der Waals surface area (Å²) in [6.45, 7) is 2.32. The number of aryl methyl sites for hydroxylation is 1. The summed E-state index contributed by atoms with van der Waals surface area (Å²) in [7, 11) is 4.01. The second-order valence-corrected chi connectivity index (χ2v) is 6.85. The highest BCUT2D eigenvalue weighted by atomic mass is 16.1. The normalized spacial score (nSPS) is 13.8. The highest BCUT2D eigenvalue weighted by Crippen LogP contribution is 2.21. The Morgan fingerprint density at radius 3 is 2.24 bits per heavy atom. The number of hydrogen-bond acceptors (Lipinski definition) is 3. The molecule has 0 radical (unpaired) electrons. The monoisotopic (exact) mass is 337 g/mol. The minimum absolute atomic E-state index is 0.0567. The number of amides is 1. The molecule has 1 amide bonds. The van der Waals surface area contributed by atoms with E-state index in [-0.39, 0.29) is 5.91 Å². The van der Waals surface area contributed by atoms with Crippen molar-refractivity contribution in [1.29, 1.82) is 0 Å². The average Bonchev–Trinajstić information content (AvgIpc) is 3.15. The molecule has 0 saturated carbocycles. The van der Waals surface area contributed by atoms with Gasteiger partial charge in [0.25, 0.3) is 0 Å². The van der Waals surface area contributed by atoms with E-state index in [0.29, 0.717) is 6.42 Å². The molecule has 0 spiro atoms. The maximum Gasteiger partial charge on any atom is 0.224 e. The number of carbonyl (C=O) groups excluding carboxylic acids is 1. The zero-order chi connectivity index (χ0) is 17.6. The first-order valence-corrected chi connectivity index (χ1v) is 9.03. The van der Waals surface area contributed by atoms with Crippen molar-refractivity contribution in [2.75, 3.05) is 42.3 Å². The summed E-state index contributed by atoms with van der Waals surface area (Å²) in [6.07, 6.45) is 3.84. The lowest BCUT2D eigenvalue weighted by Crippen LogP contribution is -2.17. The molecule has 0 unspecified atom stereocenters. The van der Waals surface area contributed by atoms with Gasteiger partial charge in [-0.3, -0.25) is 4.79 Å². The molecule has 0 bridgehead atoms. The van der Waals surface area contributed by atoms with Gasteiger partial charge in [-0.1, -0.05) is 12.1 Å². The van der Waals surface area contributed by atoms with Crippen LogP contribution in [0.15, 0.2) is 48.5 Å². The first-order valence-electron chi connectivity index (χ1n) is 9.03.